The number of terminal acetylenes is 1. The summed E-state index contributed by atoms with van der Waals surface area (Å²) in [4.78, 5) is 10.5. The van der Waals surface area contributed by atoms with Gasteiger partial charge in [-0.1, -0.05) is 5.92 Å². The Kier molecular flexibility index (Phi) is 1.83. The van der Waals surface area contributed by atoms with E-state index in [1.165, 1.54) is 0 Å². The summed E-state index contributed by atoms with van der Waals surface area (Å²) in [5.41, 5.74) is 5.75. The van der Waals surface area contributed by atoms with Gasteiger partial charge >= 0.3 is 5.97 Å². The van der Waals surface area contributed by atoms with Crippen molar-refractivity contribution in [2.45, 2.75) is 0 Å². The van der Waals surface area contributed by atoms with E-state index in [1.54, 1.807) is 5.38 Å². The van der Waals surface area contributed by atoms with Crippen LogP contribution in [0.15, 0.2) is 5.38 Å². The van der Waals surface area contributed by atoms with E-state index in [4.69, 9.17) is 17.3 Å². The van der Waals surface area contributed by atoms with Gasteiger partial charge < -0.3 is 10.8 Å². The highest BCUT2D eigenvalue weighted by Gasteiger charge is 2.14. The molecular weight excluding hydrogens is 162 g/mol. The fraction of sp³-hybridized carbons (Fsp3) is 0. The van der Waals surface area contributed by atoms with Gasteiger partial charge in [0.2, 0.25) is 0 Å². The lowest BCUT2D eigenvalue weighted by atomic mass is 10.2. The quantitative estimate of drug-likeness (QED) is 0.613. The van der Waals surface area contributed by atoms with E-state index in [9.17, 15) is 4.79 Å². The maximum Gasteiger partial charge on any atom is 0.339 e. The summed E-state index contributed by atoms with van der Waals surface area (Å²) in [5.74, 6) is 1.17. The van der Waals surface area contributed by atoms with Crippen molar-refractivity contribution in [2.75, 3.05) is 5.73 Å². The normalized spacial score (nSPS) is 9.00. The first-order valence-electron chi connectivity index (χ1n) is 2.73. The Morgan fingerprint density at radius 1 is 1.82 bits per heavy atom. The van der Waals surface area contributed by atoms with E-state index in [1.807, 2.05) is 0 Å². The molecule has 0 spiro atoms. The number of rotatable bonds is 1. The number of thiophene rings is 1. The minimum absolute atomic E-state index is 0.0394. The molecule has 0 aliphatic heterocycles. The highest BCUT2D eigenvalue weighted by Crippen LogP contribution is 2.23. The van der Waals surface area contributed by atoms with Crippen LogP contribution >= 0.6 is 11.3 Å². The van der Waals surface area contributed by atoms with Crippen LogP contribution in [-0.4, -0.2) is 11.1 Å². The Morgan fingerprint density at radius 3 is 2.82 bits per heavy atom. The van der Waals surface area contributed by atoms with Gasteiger partial charge in [-0.15, -0.1) is 17.8 Å². The summed E-state index contributed by atoms with van der Waals surface area (Å²) in [7, 11) is 0. The van der Waals surface area contributed by atoms with Gasteiger partial charge in [-0.3, -0.25) is 0 Å². The zero-order valence-electron chi connectivity index (χ0n) is 5.50. The average molecular weight is 167 g/mol. The number of carboxylic acid groups (broad SMARTS) is 1. The molecule has 0 radical (unpaired) electrons. The number of carboxylic acids is 1. The molecule has 56 valence electrons. The molecule has 1 rings (SSSR count). The van der Waals surface area contributed by atoms with E-state index < -0.39 is 5.97 Å². The second kappa shape index (κ2) is 2.64. The van der Waals surface area contributed by atoms with E-state index >= 15 is 0 Å². The van der Waals surface area contributed by atoms with Gasteiger partial charge in [0.25, 0.3) is 0 Å². The minimum Gasteiger partial charge on any atom is -0.478 e. The monoisotopic (exact) mass is 167 g/mol. The fourth-order valence-electron chi connectivity index (χ4n) is 0.700. The zero-order valence-corrected chi connectivity index (χ0v) is 6.31. The first kappa shape index (κ1) is 7.63. The van der Waals surface area contributed by atoms with Crippen LogP contribution < -0.4 is 5.73 Å². The molecule has 3 N–H and O–H groups in total. The largest absolute Gasteiger partial charge is 0.478 e. The third-order valence-corrected chi connectivity index (χ3v) is 2.00. The molecule has 0 saturated heterocycles. The van der Waals surface area contributed by atoms with Crippen molar-refractivity contribution in [3.8, 4) is 12.3 Å². The lowest BCUT2D eigenvalue weighted by Gasteiger charge is -1.91. The van der Waals surface area contributed by atoms with E-state index in [0.29, 0.717) is 5.56 Å². The van der Waals surface area contributed by atoms with Crippen LogP contribution in [-0.2, 0) is 0 Å². The van der Waals surface area contributed by atoms with Crippen LogP contribution in [0.2, 0.25) is 0 Å². The summed E-state index contributed by atoms with van der Waals surface area (Å²) in [6, 6.07) is 0. The number of anilines is 1. The van der Waals surface area contributed by atoms with Crippen molar-refractivity contribution < 1.29 is 9.90 Å². The number of hydrogen-bond donors (Lipinski definition) is 2. The maximum absolute atomic E-state index is 10.5. The highest BCUT2D eigenvalue weighted by atomic mass is 32.1. The van der Waals surface area contributed by atoms with Crippen LogP contribution in [0.25, 0.3) is 0 Å². The van der Waals surface area contributed by atoms with Crippen molar-refractivity contribution in [2.24, 2.45) is 0 Å². The zero-order chi connectivity index (χ0) is 8.43. The predicted molar refractivity (Wildman–Crippen MR) is 43.6 cm³/mol. The molecule has 0 bridgehead atoms. The van der Waals surface area contributed by atoms with Gasteiger partial charge in [-0.25, -0.2) is 4.79 Å². The molecule has 0 saturated carbocycles. The lowest BCUT2D eigenvalue weighted by molar-refractivity contribution is 0.0698. The molecule has 0 fully saturated rings. The minimum atomic E-state index is -1.07. The summed E-state index contributed by atoms with van der Waals surface area (Å²) in [6.07, 6.45) is 5.04. The number of carbonyl (C=O) groups is 1. The molecule has 0 amide bonds. The van der Waals surface area contributed by atoms with Gasteiger partial charge in [0, 0.05) is 5.38 Å². The van der Waals surface area contributed by atoms with Crippen molar-refractivity contribution in [1.29, 1.82) is 0 Å². The molecular formula is C7H5NO2S. The molecule has 3 nitrogen and oxygen atoms in total. The van der Waals surface area contributed by atoms with Crippen LogP contribution in [0, 0.1) is 12.3 Å². The molecule has 11 heavy (non-hydrogen) atoms. The number of nitrogens with two attached hydrogens (primary N) is 1. The SMILES string of the molecule is C#Cc1csc(N)c1C(=O)O. The fourth-order valence-corrected chi connectivity index (χ4v) is 1.45. The highest BCUT2D eigenvalue weighted by molar-refractivity contribution is 7.14. The third kappa shape index (κ3) is 1.18. The van der Waals surface area contributed by atoms with Crippen molar-refractivity contribution in [1.82, 2.24) is 0 Å². The molecule has 0 unspecified atom stereocenters. The van der Waals surface area contributed by atoms with Crippen molar-refractivity contribution in [3.63, 3.8) is 0 Å². The first-order chi connectivity index (χ1) is 5.16. The third-order valence-electron chi connectivity index (χ3n) is 1.19. The van der Waals surface area contributed by atoms with Crippen LogP contribution in [0.5, 0.6) is 0 Å². The lowest BCUT2D eigenvalue weighted by Crippen LogP contribution is -2.00. The second-order valence-electron chi connectivity index (χ2n) is 1.84. The van der Waals surface area contributed by atoms with E-state index in [0.717, 1.165) is 11.3 Å². The van der Waals surface area contributed by atoms with E-state index in [-0.39, 0.29) is 10.6 Å². The Labute approximate surface area is 67.5 Å². The Balaban J connectivity index is 3.32. The average Bonchev–Trinajstić information content (AvgIpc) is 2.30. The predicted octanol–water partition coefficient (Wildman–Crippen LogP) is 1.01. The topological polar surface area (TPSA) is 63.3 Å². The van der Waals surface area contributed by atoms with Gasteiger partial charge in [-0.2, -0.15) is 0 Å². The van der Waals surface area contributed by atoms with Gasteiger partial charge in [0.05, 0.1) is 5.56 Å². The summed E-state index contributed by atoms with van der Waals surface area (Å²) in [5, 5.41) is 10.4. The first-order valence-corrected chi connectivity index (χ1v) is 3.61. The molecule has 1 aromatic rings. The summed E-state index contributed by atoms with van der Waals surface area (Å²) in [6.45, 7) is 0. The van der Waals surface area contributed by atoms with Crippen LogP contribution in [0.4, 0.5) is 5.00 Å². The van der Waals surface area contributed by atoms with Crippen molar-refractivity contribution in [3.05, 3.63) is 16.5 Å². The standard InChI is InChI=1S/C7H5NO2S/c1-2-4-3-11-6(8)5(4)7(9)10/h1,3H,8H2,(H,9,10). The molecule has 0 aliphatic carbocycles. The smallest absolute Gasteiger partial charge is 0.339 e. The Hall–Kier alpha value is -1.47. The van der Waals surface area contributed by atoms with Gasteiger partial charge in [-0.05, 0) is 0 Å². The molecule has 0 aromatic carbocycles. The molecule has 1 heterocycles. The van der Waals surface area contributed by atoms with Gasteiger partial charge in [0.1, 0.15) is 10.6 Å². The van der Waals surface area contributed by atoms with Gasteiger partial charge in [0.15, 0.2) is 0 Å². The van der Waals surface area contributed by atoms with E-state index in [2.05, 4.69) is 5.92 Å². The van der Waals surface area contributed by atoms with Crippen LogP contribution in [0.1, 0.15) is 15.9 Å². The number of aromatic carboxylic acids is 1. The number of hydrogen-bond acceptors (Lipinski definition) is 3. The second-order valence-corrected chi connectivity index (χ2v) is 2.75. The summed E-state index contributed by atoms with van der Waals surface area (Å²) >= 11 is 1.14. The molecule has 0 aliphatic rings. The maximum atomic E-state index is 10.5. The molecule has 4 heteroatoms. The molecule has 0 atom stereocenters. The number of nitrogen functional groups attached to an aromatic ring is 1. The Bertz CT molecular complexity index is 335. The molecule has 1 aromatic heterocycles. The Morgan fingerprint density at radius 2 is 2.45 bits per heavy atom. The van der Waals surface area contributed by atoms with Crippen LogP contribution in [0.3, 0.4) is 0 Å². The van der Waals surface area contributed by atoms with Crippen molar-refractivity contribution >= 4 is 22.3 Å². The summed E-state index contributed by atoms with van der Waals surface area (Å²) < 4.78 is 0.